The number of carbonyl (C=O) groups is 2. The van der Waals surface area contributed by atoms with Crippen molar-refractivity contribution in [1.29, 1.82) is 0 Å². The number of rotatable bonds is 8. The Kier molecular flexibility index (Phi) is 6.78. The molecule has 2 N–H and O–H groups in total. The smallest absolute Gasteiger partial charge is 0.303 e. The fourth-order valence-corrected chi connectivity index (χ4v) is 2.13. The molecule has 0 bridgehead atoms. The van der Waals surface area contributed by atoms with E-state index in [1.807, 2.05) is 13.8 Å². The van der Waals surface area contributed by atoms with Crippen LogP contribution in [0.25, 0.3) is 0 Å². The van der Waals surface area contributed by atoms with Crippen LogP contribution in [0.4, 0.5) is 4.39 Å². The molecule has 1 aromatic rings. The van der Waals surface area contributed by atoms with E-state index in [-0.39, 0.29) is 23.8 Å². The van der Waals surface area contributed by atoms with Crippen LogP contribution in [0.3, 0.4) is 0 Å². The molecular weight excluding hydrogens is 275 g/mol. The molecule has 1 unspecified atom stereocenters. The van der Waals surface area contributed by atoms with Gasteiger partial charge < -0.3 is 10.4 Å². The zero-order valence-electron chi connectivity index (χ0n) is 12.3. The molecule has 0 saturated carbocycles. The maximum atomic E-state index is 13.0. The lowest BCUT2D eigenvalue weighted by Crippen LogP contribution is -2.27. The number of halogens is 1. The lowest BCUT2D eigenvalue weighted by Gasteiger charge is -2.20. The van der Waals surface area contributed by atoms with E-state index in [0.717, 1.165) is 12.3 Å². The molecule has 0 aliphatic carbocycles. The van der Waals surface area contributed by atoms with Crippen molar-refractivity contribution in [3.05, 3.63) is 29.8 Å². The Bertz CT molecular complexity index is 492. The number of aromatic nitrogens is 1. The molecule has 6 heteroatoms. The molecule has 0 spiro atoms. The number of carboxylic acids is 1. The molecule has 21 heavy (non-hydrogen) atoms. The fourth-order valence-electron chi connectivity index (χ4n) is 2.13. The monoisotopic (exact) mass is 296 g/mol. The minimum atomic E-state index is -0.810. The maximum absolute atomic E-state index is 13.0. The molecule has 0 aliphatic rings. The Morgan fingerprint density at radius 2 is 2.05 bits per heavy atom. The molecule has 0 aromatic carbocycles. The van der Waals surface area contributed by atoms with Crippen LogP contribution in [0, 0.1) is 17.7 Å². The topological polar surface area (TPSA) is 79.3 Å². The van der Waals surface area contributed by atoms with Crippen molar-refractivity contribution in [1.82, 2.24) is 10.3 Å². The molecular formula is C15H21FN2O3. The highest BCUT2D eigenvalue weighted by atomic mass is 19.1. The standard InChI is InChI=1S/C15H21FN2O3/c1-10(2)11(3-4-14(19)20)5-6-18-15(21)12-7-13(16)9-17-8-12/h7-11H,3-6H2,1-2H3,(H,18,21)(H,19,20). The average Bonchev–Trinajstić information content (AvgIpc) is 2.41. The Labute approximate surface area is 123 Å². The number of carbonyl (C=O) groups excluding carboxylic acids is 1. The molecule has 0 radical (unpaired) electrons. The summed E-state index contributed by atoms with van der Waals surface area (Å²) in [6, 6.07) is 1.13. The van der Waals surface area contributed by atoms with E-state index < -0.39 is 11.8 Å². The number of nitrogens with zero attached hydrogens (tertiary/aromatic N) is 1. The molecule has 0 saturated heterocycles. The summed E-state index contributed by atoms with van der Waals surface area (Å²) in [7, 11) is 0. The van der Waals surface area contributed by atoms with E-state index in [1.165, 1.54) is 6.20 Å². The molecule has 1 heterocycles. The highest BCUT2D eigenvalue weighted by molar-refractivity contribution is 5.93. The van der Waals surface area contributed by atoms with Gasteiger partial charge in [-0.05, 0) is 30.7 Å². The fraction of sp³-hybridized carbons (Fsp3) is 0.533. The van der Waals surface area contributed by atoms with Gasteiger partial charge in [0.15, 0.2) is 0 Å². The number of carboxylic acid groups (broad SMARTS) is 1. The van der Waals surface area contributed by atoms with Gasteiger partial charge in [-0.3, -0.25) is 14.6 Å². The minimum absolute atomic E-state index is 0.130. The van der Waals surface area contributed by atoms with Crippen LogP contribution >= 0.6 is 0 Å². The van der Waals surface area contributed by atoms with E-state index in [1.54, 1.807) is 0 Å². The van der Waals surface area contributed by atoms with Gasteiger partial charge in [-0.2, -0.15) is 0 Å². The molecule has 116 valence electrons. The normalized spacial score (nSPS) is 12.2. The van der Waals surface area contributed by atoms with Gasteiger partial charge in [0.05, 0.1) is 11.8 Å². The van der Waals surface area contributed by atoms with Gasteiger partial charge in [0.25, 0.3) is 5.91 Å². The van der Waals surface area contributed by atoms with Crippen LogP contribution in [0.2, 0.25) is 0 Å². The molecule has 1 amide bonds. The number of pyridine rings is 1. The van der Waals surface area contributed by atoms with Crippen LogP contribution in [0.5, 0.6) is 0 Å². The summed E-state index contributed by atoms with van der Waals surface area (Å²) in [5.74, 6) is -1.16. The average molecular weight is 296 g/mol. The van der Waals surface area contributed by atoms with Crippen molar-refractivity contribution in [2.75, 3.05) is 6.54 Å². The second-order valence-electron chi connectivity index (χ2n) is 5.37. The van der Waals surface area contributed by atoms with Crippen LogP contribution in [-0.2, 0) is 4.79 Å². The van der Waals surface area contributed by atoms with Gasteiger partial charge in [-0.1, -0.05) is 13.8 Å². The molecule has 5 nitrogen and oxygen atoms in total. The summed E-state index contributed by atoms with van der Waals surface area (Å²) in [4.78, 5) is 26.0. The summed E-state index contributed by atoms with van der Waals surface area (Å²) in [6.07, 6.45) is 3.76. The summed E-state index contributed by atoms with van der Waals surface area (Å²) < 4.78 is 13.0. The van der Waals surface area contributed by atoms with Gasteiger partial charge in [-0.15, -0.1) is 0 Å². The maximum Gasteiger partial charge on any atom is 0.303 e. The quantitative estimate of drug-likeness (QED) is 0.772. The van der Waals surface area contributed by atoms with E-state index >= 15 is 0 Å². The highest BCUT2D eigenvalue weighted by Crippen LogP contribution is 2.20. The first-order valence-corrected chi connectivity index (χ1v) is 7.00. The summed E-state index contributed by atoms with van der Waals surface area (Å²) in [5, 5.41) is 11.4. The third kappa shape index (κ3) is 6.33. The van der Waals surface area contributed by atoms with Crippen LogP contribution in [0.15, 0.2) is 18.5 Å². The summed E-state index contributed by atoms with van der Waals surface area (Å²) in [6.45, 7) is 4.49. The predicted octanol–water partition coefficient (Wildman–Crippen LogP) is 2.48. The number of nitrogens with one attached hydrogen (secondary N) is 1. The van der Waals surface area contributed by atoms with Gasteiger partial charge in [-0.25, -0.2) is 4.39 Å². The Balaban J connectivity index is 2.43. The lowest BCUT2D eigenvalue weighted by atomic mass is 9.88. The first kappa shape index (κ1) is 17.1. The Morgan fingerprint density at radius 1 is 1.33 bits per heavy atom. The molecule has 1 atom stereocenters. The van der Waals surface area contributed by atoms with Crippen LogP contribution in [0.1, 0.15) is 43.5 Å². The number of amides is 1. The molecule has 1 aromatic heterocycles. The highest BCUT2D eigenvalue weighted by Gasteiger charge is 2.15. The van der Waals surface area contributed by atoms with Gasteiger partial charge in [0.1, 0.15) is 5.82 Å². The molecule has 1 rings (SSSR count). The van der Waals surface area contributed by atoms with Gasteiger partial charge in [0.2, 0.25) is 0 Å². The first-order valence-electron chi connectivity index (χ1n) is 7.00. The molecule has 0 aliphatic heterocycles. The van der Waals surface area contributed by atoms with E-state index in [4.69, 9.17) is 5.11 Å². The number of hydrogen-bond acceptors (Lipinski definition) is 3. The largest absolute Gasteiger partial charge is 0.481 e. The van der Waals surface area contributed by atoms with Crippen molar-refractivity contribution in [3.63, 3.8) is 0 Å². The molecule has 0 fully saturated rings. The summed E-state index contributed by atoms with van der Waals surface area (Å²) in [5.41, 5.74) is 0.182. The van der Waals surface area contributed by atoms with E-state index in [0.29, 0.717) is 25.3 Å². The summed E-state index contributed by atoms with van der Waals surface area (Å²) >= 11 is 0. The second kappa shape index (κ2) is 8.34. The third-order valence-electron chi connectivity index (χ3n) is 3.44. The van der Waals surface area contributed by atoms with Crippen LogP contribution in [-0.4, -0.2) is 28.5 Å². The van der Waals surface area contributed by atoms with E-state index in [9.17, 15) is 14.0 Å². The van der Waals surface area contributed by atoms with Crippen molar-refractivity contribution in [2.24, 2.45) is 11.8 Å². The van der Waals surface area contributed by atoms with Gasteiger partial charge >= 0.3 is 5.97 Å². The zero-order chi connectivity index (χ0) is 15.8. The van der Waals surface area contributed by atoms with Crippen molar-refractivity contribution < 1.29 is 19.1 Å². The predicted molar refractivity (Wildman–Crippen MR) is 76.3 cm³/mol. The van der Waals surface area contributed by atoms with Gasteiger partial charge in [0, 0.05) is 19.2 Å². The van der Waals surface area contributed by atoms with Crippen molar-refractivity contribution >= 4 is 11.9 Å². The van der Waals surface area contributed by atoms with Crippen molar-refractivity contribution in [2.45, 2.75) is 33.1 Å². The Hall–Kier alpha value is -1.98. The SMILES string of the molecule is CC(C)C(CCNC(=O)c1cncc(F)c1)CCC(=O)O. The zero-order valence-corrected chi connectivity index (χ0v) is 12.3. The second-order valence-corrected chi connectivity index (χ2v) is 5.37. The Morgan fingerprint density at radius 3 is 2.62 bits per heavy atom. The third-order valence-corrected chi connectivity index (χ3v) is 3.44. The number of aliphatic carboxylic acids is 1. The van der Waals surface area contributed by atoms with Crippen molar-refractivity contribution in [3.8, 4) is 0 Å². The first-order chi connectivity index (χ1) is 9.90. The van der Waals surface area contributed by atoms with E-state index in [2.05, 4.69) is 10.3 Å². The minimum Gasteiger partial charge on any atom is -0.481 e. The van der Waals surface area contributed by atoms with Crippen LogP contribution < -0.4 is 5.32 Å². The lowest BCUT2D eigenvalue weighted by molar-refractivity contribution is -0.137. The number of hydrogen-bond donors (Lipinski definition) is 2.